The number of rotatable bonds is 9. The lowest BCUT2D eigenvalue weighted by Crippen LogP contribution is -2.29. The van der Waals surface area contributed by atoms with Crippen LogP contribution in [0.4, 0.5) is 5.69 Å². The van der Waals surface area contributed by atoms with E-state index in [4.69, 9.17) is 9.47 Å². The summed E-state index contributed by atoms with van der Waals surface area (Å²) in [5, 5.41) is 14.2. The van der Waals surface area contributed by atoms with Gasteiger partial charge in [0.15, 0.2) is 11.5 Å². The molecular weight excluding hydrogens is 370 g/mol. The Morgan fingerprint density at radius 2 is 1.93 bits per heavy atom. The lowest BCUT2D eigenvalue weighted by molar-refractivity contribution is -0.121. The summed E-state index contributed by atoms with van der Waals surface area (Å²) in [6, 6.07) is 13.6. The minimum Gasteiger partial charge on any atom is -0.493 e. The first-order chi connectivity index (χ1) is 14.1. The first kappa shape index (κ1) is 20.2. The van der Waals surface area contributed by atoms with Gasteiger partial charge in [-0.1, -0.05) is 23.4 Å². The van der Waals surface area contributed by atoms with Gasteiger partial charge in [0.1, 0.15) is 12.2 Å². The van der Waals surface area contributed by atoms with Crippen molar-refractivity contribution in [2.24, 2.45) is 0 Å². The van der Waals surface area contributed by atoms with Gasteiger partial charge in [-0.25, -0.2) is 4.68 Å². The fourth-order valence-corrected chi connectivity index (χ4v) is 2.93. The summed E-state index contributed by atoms with van der Waals surface area (Å²) >= 11 is 0. The van der Waals surface area contributed by atoms with Crippen LogP contribution in [0.3, 0.4) is 0 Å². The zero-order valence-electron chi connectivity index (χ0n) is 16.8. The zero-order valence-corrected chi connectivity index (χ0v) is 16.8. The molecule has 0 radical (unpaired) electrons. The third-order valence-electron chi connectivity index (χ3n) is 4.48. The van der Waals surface area contributed by atoms with E-state index < -0.39 is 0 Å². The van der Waals surface area contributed by atoms with Gasteiger partial charge in [-0.2, -0.15) is 0 Å². The summed E-state index contributed by atoms with van der Waals surface area (Å²) in [6.07, 6.45) is 2.45. The van der Waals surface area contributed by atoms with Crippen molar-refractivity contribution in [2.75, 3.05) is 33.1 Å². The van der Waals surface area contributed by atoms with Gasteiger partial charge in [-0.15, -0.1) is 5.10 Å². The van der Waals surface area contributed by atoms with Crippen molar-refractivity contribution >= 4 is 11.6 Å². The lowest BCUT2D eigenvalue weighted by atomic mass is 10.1. The molecule has 3 rings (SSSR count). The van der Waals surface area contributed by atoms with Crippen molar-refractivity contribution in [3.05, 3.63) is 54.2 Å². The van der Waals surface area contributed by atoms with Gasteiger partial charge in [0.25, 0.3) is 0 Å². The molecule has 0 spiro atoms. The first-order valence-corrected chi connectivity index (χ1v) is 9.29. The van der Waals surface area contributed by atoms with Crippen LogP contribution < -0.4 is 20.1 Å². The van der Waals surface area contributed by atoms with Crippen LogP contribution in [0, 0.1) is 0 Å². The van der Waals surface area contributed by atoms with E-state index in [1.807, 2.05) is 49.5 Å². The quantitative estimate of drug-likeness (QED) is 0.578. The molecule has 0 saturated heterocycles. The van der Waals surface area contributed by atoms with Crippen molar-refractivity contribution in [3.8, 4) is 22.8 Å². The number of aromatic nitrogens is 3. The van der Waals surface area contributed by atoms with E-state index >= 15 is 0 Å². The molecule has 1 amide bonds. The third-order valence-corrected chi connectivity index (χ3v) is 4.48. The molecule has 2 aromatic carbocycles. The second-order valence-electron chi connectivity index (χ2n) is 6.42. The molecular formula is C21H25N5O3. The van der Waals surface area contributed by atoms with Gasteiger partial charge in [0.05, 0.1) is 20.4 Å². The predicted octanol–water partition coefficient (Wildman–Crippen LogP) is 2.36. The molecule has 3 aromatic rings. The number of methoxy groups -OCH3 is 2. The standard InChI is InChI=1S/C21H25N5O3/c1-22-17-6-4-5-16(12-17)18-13-26(25-24-18)14-21(27)23-10-9-15-7-8-19(28-2)20(11-15)29-3/h4-8,11-13,22H,9-10,14H2,1-3H3,(H,23,27). The molecule has 8 heteroatoms. The molecule has 0 unspecified atom stereocenters. The molecule has 0 aliphatic carbocycles. The van der Waals surface area contributed by atoms with Crippen LogP contribution in [0.1, 0.15) is 5.56 Å². The molecule has 0 atom stereocenters. The molecule has 0 saturated carbocycles. The maximum absolute atomic E-state index is 12.2. The lowest BCUT2D eigenvalue weighted by Gasteiger charge is -2.10. The predicted molar refractivity (Wildman–Crippen MR) is 111 cm³/mol. The average Bonchev–Trinajstić information content (AvgIpc) is 3.22. The third kappa shape index (κ3) is 5.25. The second kappa shape index (κ2) is 9.59. The fraction of sp³-hybridized carbons (Fsp3) is 0.286. The van der Waals surface area contributed by atoms with E-state index in [2.05, 4.69) is 20.9 Å². The Hall–Kier alpha value is -3.55. The molecule has 1 aromatic heterocycles. The van der Waals surface area contributed by atoms with Gasteiger partial charge in [0, 0.05) is 24.8 Å². The van der Waals surface area contributed by atoms with E-state index in [1.54, 1.807) is 20.4 Å². The molecule has 0 aliphatic heterocycles. The average molecular weight is 395 g/mol. The minimum atomic E-state index is -0.120. The maximum atomic E-state index is 12.2. The van der Waals surface area contributed by atoms with Crippen molar-refractivity contribution in [1.82, 2.24) is 20.3 Å². The fourth-order valence-electron chi connectivity index (χ4n) is 2.93. The van der Waals surface area contributed by atoms with Gasteiger partial charge in [0.2, 0.25) is 5.91 Å². The highest BCUT2D eigenvalue weighted by Gasteiger charge is 2.09. The van der Waals surface area contributed by atoms with E-state index in [1.165, 1.54) is 4.68 Å². The molecule has 1 heterocycles. The highest BCUT2D eigenvalue weighted by molar-refractivity contribution is 5.75. The number of anilines is 1. The Morgan fingerprint density at radius 1 is 1.10 bits per heavy atom. The van der Waals surface area contributed by atoms with Crippen molar-refractivity contribution in [1.29, 1.82) is 0 Å². The van der Waals surface area contributed by atoms with Gasteiger partial charge in [-0.3, -0.25) is 4.79 Å². The normalized spacial score (nSPS) is 10.4. The summed E-state index contributed by atoms with van der Waals surface area (Å²) in [5.74, 6) is 1.24. The largest absolute Gasteiger partial charge is 0.493 e. The Kier molecular flexibility index (Phi) is 6.67. The number of nitrogens with one attached hydrogen (secondary N) is 2. The molecule has 0 fully saturated rings. The number of carbonyl (C=O) groups is 1. The number of hydrogen-bond acceptors (Lipinski definition) is 6. The Morgan fingerprint density at radius 3 is 2.69 bits per heavy atom. The smallest absolute Gasteiger partial charge is 0.241 e. The monoisotopic (exact) mass is 395 g/mol. The van der Waals surface area contributed by atoms with Gasteiger partial charge < -0.3 is 20.1 Å². The molecule has 0 aliphatic rings. The molecule has 152 valence electrons. The Balaban J connectivity index is 1.52. The number of hydrogen-bond donors (Lipinski definition) is 2. The van der Waals surface area contributed by atoms with E-state index in [0.29, 0.717) is 24.5 Å². The number of carbonyl (C=O) groups excluding carboxylic acids is 1. The second-order valence-corrected chi connectivity index (χ2v) is 6.42. The molecule has 29 heavy (non-hydrogen) atoms. The maximum Gasteiger partial charge on any atom is 0.241 e. The number of ether oxygens (including phenoxy) is 2. The minimum absolute atomic E-state index is 0.116. The van der Waals surface area contributed by atoms with Crippen molar-refractivity contribution < 1.29 is 14.3 Å². The van der Waals surface area contributed by atoms with Crippen molar-refractivity contribution in [2.45, 2.75) is 13.0 Å². The summed E-state index contributed by atoms with van der Waals surface area (Å²) in [6.45, 7) is 0.630. The first-order valence-electron chi connectivity index (χ1n) is 9.29. The van der Waals surface area contributed by atoms with Crippen LogP contribution in [-0.2, 0) is 17.8 Å². The Bertz CT molecular complexity index is 970. The SMILES string of the molecule is CNc1cccc(-c2cn(CC(=O)NCCc3ccc(OC)c(OC)c3)nn2)c1. The molecule has 2 N–H and O–H groups in total. The van der Waals surface area contributed by atoms with E-state index in [0.717, 1.165) is 22.5 Å². The van der Waals surface area contributed by atoms with Crippen LogP contribution in [0.15, 0.2) is 48.7 Å². The summed E-state index contributed by atoms with van der Waals surface area (Å²) < 4.78 is 12.1. The zero-order chi connectivity index (χ0) is 20.6. The molecule has 0 bridgehead atoms. The summed E-state index contributed by atoms with van der Waals surface area (Å²) in [5.41, 5.74) is 3.71. The number of benzene rings is 2. The van der Waals surface area contributed by atoms with Crippen LogP contribution >= 0.6 is 0 Å². The van der Waals surface area contributed by atoms with Crippen LogP contribution in [0.5, 0.6) is 11.5 Å². The Labute approximate surface area is 169 Å². The highest BCUT2D eigenvalue weighted by Crippen LogP contribution is 2.27. The van der Waals surface area contributed by atoms with Crippen LogP contribution in [-0.4, -0.2) is 48.7 Å². The van der Waals surface area contributed by atoms with Crippen LogP contribution in [0.2, 0.25) is 0 Å². The van der Waals surface area contributed by atoms with E-state index in [9.17, 15) is 4.79 Å². The summed E-state index contributed by atoms with van der Waals surface area (Å²) in [4.78, 5) is 12.2. The molecule has 8 nitrogen and oxygen atoms in total. The topological polar surface area (TPSA) is 90.3 Å². The van der Waals surface area contributed by atoms with Crippen molar-refractivity contribution in [3.63, 3.8) is 0 Å². The highest BCUT2D eigenvalue weighted by atomic mass is 16.5. The number of amides is 1. The summed E-state index contributed by atoms with van der Waals surface area (Å²) in [7, 11) is 5.07. The van der Waals surface area contributed by atoms with Gasteiger partial charge >= 0.3 is 0 Å². The van der Waals surface area contributed by atoms with Crippen LogP contribution in [0.25, 0.3) is 11.3 Å². The van der Waals surface area contributed by atoms with Gasteiger partial charge in [-0.05, 0) is 36.2 Å². The van der Waals surface area contributed by atoms with E-state index in [-0.39, 0.29) is 12.5 Å². The number of nitrogens with zero attached hydrogens (tertiary/aromatic N) is 3.